The van der Waals surface area contributed by atoms with E-state index < -0.39 is 17.9 Å². The summed E-state index contributed by atoms with van der Waals surface area (Å²) >= 11 is 3.39. The number of fused-ring (bicyclic) bond motifs is 1. The standard InChI is InChI=1S/C14H14BrNO4/c15-8-3-4-12-9(6-8)10(7-20-12)13(17)16-5-1-2-11(16)14(18)19/h3-4,6,10-11H,1-2,5,7H2,(H,18,19). The third-order valence-corrected chi connectivity index (χ3v) is 4.37. The van der Waals surface area contributed by atoms with Crippen molar-refractivity contribution in [2.45, 2.75) is 24.8 Å². The largest absolute Gasteiger partial charge is 0.492 e. The van der Waals surface area contributed by atoms with Crippen LogP contribution in [-0.4, -0.2) is 41.1 Å². The van der Waals surface area contributed by atoms with Crippen molar-refractivity contribution in [3.8, 4) is 5.75 Å². The Kier molecular flexibility index (Phi) is 3.41. The highest BCUT2D eigenvalue weighted by Crippen LogP contribution is 2.37. The van der Waals surface area contributed by atoms with Crippen LogP contribution in [-0.2, 0) is 9.59 Å². The first kappa shape index (κ1) is 13.4. The van der Waals surface area contributed by atoms with E-state index in [1.54, 1.807) is 0 Å². The van der Waals surface area contributed by atoms with Crippen LogP contribution in [0.4, 0.5) is 0 Å². The van der Waals surface area contributed by atoms with Crippen LogP contribution in [0.25, 0.3) is 0 Å². The third kappa shape index (κ3) is 2.18. The maximum atomic E-state index is 12.6. The van der Waals surface area contributed by atoms with Crippen LogP contribution in [0.1, 0.15) is 24.3 Å². The second kappa shape index (κ2) is 5.09. The van der Waals surface area contributed by atoms with E-state index in [9.17, 15) is 14.7 Å². The minimum absolute atomic E-state index is 0.147. The van der Waals surface area contributed by atoms with Crippen molar-refractivity contribution in [2.24, 2.45) is 0 Å². The molecule has 1 saturated heterocycles. The molecule has 0 bridgehead atoms. The number of halogens is 1. The summed E-state index contributed by atoms with van der Waals surface area (Å²) in [5, 5.41) is 9.18. The average molecular weight is 340 g/mol. The van der Waals surface area contributed by atoms with Crippen LogP contribution in [0.15, 0.2) is 22.7 Å². The molecule has 0 spiro atoms. The van der Waals surface area contributed by atoms with Gasteiger partial charge >= 0.3 is 5.97 Å². The molecule has 0 aromatic heterocycles. The number of likely N-dealkylation sites (tertiary alicyclic amines) is 1. The molecule has 0 aliphatic carbocycles. The normalized spacial score (nSPS) is 24.4. The molecule has 3 rings (SSSR count). The van der Waals surface area contributed by atoms with Crippen LogP contribution in [0.2, 0.25) is 0 Å². The number of hydrogen-bond acceptors (Lipinski definition) is 3. The van der Waals surface area contributed by atoms with Crippen molar-refractivity contribution >= 4 is 27.8 Å². The number of carboxylic acid groups (broad SMARTS) is 1. The molecule has 2 unspecified atom stereocenters. The van der Waals surface area contributed by atoms with Gasteiger partial charge in [0.1, 0.15) is 24.3 Å². The van der Waals surface area contributed by atoms with E-state index >= 15 is 0 Å². The molecule has 2 heterocycles. The minimum Gasteiger partial charge on any atom is -0.492 e. The maximum absolute atomic E-state index is 12.6. The first-order chi connectivity index (χ1) is 9.58. The van der Waals surface area contributed by atoms with Crippen LogP contribution in [0, 0.1) is 0 Å². The molecule has 2 aliphatic heterocycles. The van der Waals surface area contributed by atoms with Gasteiger partial charge in [0.15, 0.2) is 0 Å². The topological polar surface area (TPSA) is 66.8 Å². The third-order valence-electron chi connectivity index (χ3n) is 3.87. The molecule has 0 saturated carbocycles. The van der Waals surface area contributed by atoms with E-state index in [2.05, 4.69) is 15.9 Å². The zero-order chi connectivity index (χ0) is 14.3. The monoisotopic (exact) mass is 339 g/mol. The molecule has 1 N–H and O–H groups in total. The molecular formula is C14H14BrNO4. The number of nitrogens with zero attached hydrogens (tertiary/aromatic N) is 1. The van der Waals surface area contributed by atoms with Crippen LogP contribution in [0.5, 0.6) is 5.75 Å². The highest BCUT2D eigenvalue weighted by Gasteiger charge is 2.40. The Balaban J connectivity index is 1.86. The van der Waals surface area contributed by atoms with E-state index in [0.717, 1.165) is 16.5 Å². The Morgan fingerprint density at radius 3 is 2.95 bits per heavy atom. The first-order valence-corrected chi connectivity index (χ1v) is 7.33. The molecule has 2 aliphatic rings. The number of rotatable bonds is 2. The smallest absolute Gasteiger partial charge is 0.326 e. The van der Waals surface area contributed by atoms with Gasteiger partial charge in [0.2, 0.25) is 5.91 Å². The summed E-state index contributed by atoms with van der Waals surface area (Å²) in [6, 6.07) is 4.86. The van der Waals surface area contributed by atoms with Gasteiger partial charge < -0.3 is 14.7 Å². The highest BCUT2D eigenvalue weighted by molar-refractivity contribution is 9.10. The van der Waals surface area contributed by atoms with Crippen molar-refractivity contribution in [2.75, 3.05) is 13.2 Å². The molecule has 20 heavy (non-hydrogen) atoms. The average Bonchev–Trinajstić information content (AvgIpc) is 3.04. The molecule has 5 nitrogen and oxygen atoms in total. The zero-order valence-electron chi connectivity index (χ0n) is 10.7. The molecule has 0 radical (unpaired) electrons. The first-order valence-electron chi connectivity index (χ1n) is 6.53. The van der Waals surface area contributed by atoms with Gasteiger partial charge in [0.05, 0.1) is 0 Å². The van der Waals surface area contributed by atoms with Crippen molar-refractivity contribution in [1.29, 1.82) is 0 Å². The second-order valence-electron chi connectivity index (χ2n) is 5.07. The lowest BCUT2D eigenvalue weighted by Crippen LogP contribution is -2.43. The van der Waals surface area contributed by atoms with Gasteiger partial charge in [-0.25, -0.2) is 4.79 Å². The van der Waals surface area contributed by atoms with Crippen molar-refractivity contribution in [3.05, 3.63) is 28.2 Å². The van der Waals surface area contributed by atoms with Gasteiger partial charge in [0, 0.05) is 16.6 Å². The van der Waals surface area contributed by atoms with Gasteiger partial charge in [-0.3, -0.25) is 4.79 Å². The van der Waals surface area contributed by atoms with E-state index in [4.69, 9.17) is 4.74 Å². The molecule has 1 amide bonds. The molecular weight excluding hydrogens is 326 g/mol. The number of amides is 1. The Morgan fingerprint density at radius 2 is 2.20 bits per heavy atom. The van der Waals surface area contributed by atoms with Crippen LogP contribution >= 0.6 is 15.9 Å². The van der Waals surface area contributed by atoms with E-state index in [0.29, 0.717) is 18.7 Å². The lowest BCUT2D eigenvalue weighted by molar-refractivity contribution is -0.148. The SMILES string of the molecule is O=C(O)C1CCCN1C(=O)C1COc2ccc(Br)cc21. The fraction of sp³-hybridized carbons (Fsp3) is 0.429. The van der Waals surface area contributed by atoms with E-state index in [-0.39, 0.29) is 12.5 Å². The summed E-state index contributed by atoms with van der Waals surface area (Å²) in [5.41, 5.74) is 0.834. The lowest BCUT2D eigenvalue weighted by Gasteiger charge is -2.24. The molecule has 2 atom stereocenters. The fourth-order valence-corrected chi connectivity index (χ4v) is 3.26. The molecule has 6 heteroatoms. The fourth-order valence-electron chi connectivity index (χ4n) is 2.88. The van der Waals surface area contributed by atoms with Gasteiger partial charge in [-0.05, 0) is 31.0 Å². The number of hydrogen-bond donors (Lipinski definition) is 1. The quantitative estimate of drug-likeness (QED) is 0.894. The molecule has 1 aromatic carbocycles. The minimum atomic E-state index is -0.927. The number of benzene rings is 1. The number of ether oxygens (including phenoxy) is 1. The van der Waals surface area contributed by atoms with E-state index in [1.165, 1.54) is 4.90 Å². The predicted molar refractivity (Wildman–Crippen MR) is 74.7 cm³/mol. The van der Waals surface area contributed by atoms with E-state index in [1.807, 2.05) is 18.2 Å². The number of aliphatic carboxylic acids is 1. The summed E-state index contributed by atoms with van der Waals surface area (Å²) in [4.78, 5) is 25.3. The number of carbonyl (C=O) groups is 2. The summed E-state index contributed by atoms with van der Waals surface area (Å²) in [5.74, 6) is -0.768. The van der Waals surface area contributed by atoms with Crippen LogP contribution in [0.3, 0.4) is 0 Å². The predicted octanol–water partition coefficient (Wildman–Crippen LogP) is 2.00. The van der Waals surface area contributed by atoms with Gasteiger partial charge in [0.25, 0.3) is 0 Å². The van der Waals surface area contributed by atoms with Gasteiger partial charge in [-0.1, -0.05) is 15.9 Å². The maximum Gasteiger partial charge on any atom is 0.326 e. The summed E-state index contributed by atoms with van der Waals surface area (Å²) < 4.78 is 6.41. The lowest BCUT2D eigenvalue weighted by atomic mass is 9.99. The van der Waals surface area contributed by atoms with Crippen molar-refractivity contribution in [1.82, 2.24) is 4.90 Å². The number of carboxylic acids is 1. The van der Waals surface area contributed by atoms with Gasteiger partial charge in [-0.15, -0.1) is 0 Å². The summed E-state index contributed by atoms with van der Waals surface area (Å²) in [7, 11) is 0. The summed E-state index contributed by atoms with van der Waals surface area (Å²) in [6.45, 7) is 0.795. The Bertz CT molecular complexity index is 574. The molecule has 1 fully saturated rings. The number of carbonyl (C=O) groups excluding carboxylic acids is 1. The second-order valence-corrected chi connectivity index (χ2v) is 5.99. The Morgan fingerprint density at radius 1 is 1.40 bits per heavy atom. The Labute approximate surface area is 124 Å². The van der Waals surface area contributed by atoms with Crippen molar-refractivity contribution in [3.63, 3.8) is 0 Å². The highest BCUT2D eigenvalue weighted by atomic mass is 79.9. The molecule has 106 valence electrons. The zero-order valence-corrected chi connectivity index (χ0v) is 12.3. The Hall–Kier alpha value is -1.56. The molecule has 1 aromatic rings. The van der Waals surface area contributed by atoms with Gasteiger partial charge in [-0.2, -0.15) is 0 Å². The van der Waals surface area contributed by atoms with Crippen LogP contribution < -0.4 is 4.74 Å². The summed E-state index contributed by atoms with van der Waals surface area (Å²) in [6.07, 6.45) is 1.27. The van der Waals surface area contributed by atoms with Crippen molar-refractivity contribution < 1.29 is 19.4 Å².